The molecular weight excluding hydrogens is 493 g/mol. The number of benzene rings is 1. The van der Waals surface area contributed by atoms with Crippen LogP contribution in [0.4, 0.5) is 21.6 Å². The van der Waals surface area contributed by atoms with Gasteiger partial charge in [0.1, 0.15) is 11.5 Å². The van der Waals surface area contributed by atoms with Gasteiger partial charge in [0.2, 0.25) is 5.91 Å². The van der Waals surface area contributed by atoms with Crippen LogP contribution in [0.1, 0.15) is 33.8 Å². The first kappa shape index (κ1) is 25.6. The third-order valence-corrected chi connectivity index (χ3v) is 5.33. The van der Waals surface area contributed by atoms with Gasteiger partial charge in [-0.05, 0) is 25.0 Å². The van der Waals surface area contributed by atoms with Crippen molar-refractivity contribution >= 4 is 35.3 Å². The summed E-state index contributed by atoms with van der Waals surface area (Å²) in [5, 5.41) is 45.9. The Morgan fingerprint density at radius 3 is 2.49 bits per heavy atom. The average Bonchev–Trinajstić information content (AvgIpc) is 3.60. The van der Waals surface area contributed by atoms with Crippen LogP contribution >= 0.6 is 0 Å². The Labute approximate surface area is 208 Å². The Balaban J connectivity index is 1.78. The number of halogens is 1. The van der Waals surface area contributed by atoms with Crippen LogP contribution in [-0.4, -0.2) is 66.6 Å². The first-order valence-electron chi connectivity index (χ1n) is 10.8. The summed E-state index contributed by atoms with van der Waals surface area (Å²) < 4.78 is 21.5. The van der Waals surface area contributed by atoms with Crippen LogP contribution in [0.15, 0.2) is 24.3 Å². The van der Waals surface area contributed by atoms with Gasteiger partial charge in [-0.25, -0.2) is 4.39 Å². The van der Waals surface area contributed by atoms with E-state index in [1.807, 2.05) is 0 Å². The third-order valence-electron chi connectivity index (χ3n) is 5.33. The van der Waals surface area contributed by atoms with E-state index >= 15 is 0 Å². The molecule has 2 heterocycles. The molecule has 2 aromatic heterocycles. The summed E-state index contributed by atoms with van der Waals surface area (Å²) in [6, 6.07) is 4.82. The number of carbonyl (C=O) groups excluding carboxylic acids is 3. The molecule has 4 rings (SSSR count). The Morgan fingerprint density at radius 1 is 1.16 bits per heavy atom. The number of hydrogen-bond acceptors (Lipinski definition) is 11. The Kier molecular flexibility index (Phi) is 6.84. The fourth-order valence-corrected chi connectivity index (χ4v) is 3.47. The van der Waals surface area contributed by atoms with E-state index in [2.05, 4.69) is 25.9 Å². The van der Waals surface area contributed by atoms with Crippen molar-refractivity contribution < 1.29 is 38.8 Å². The van der Waals surface area contributed by atoms with Crippen molar-refractivity contribution in [3.8, 4) is 17.0 Å². The minimum absolute atomic E-state index is 0.0133. The second kappa shape index (κ2) is 9.88. The molecule has 0 radical (unpaired) electrons. The minimum Gasteiger partial charge on any atom is -0.494 e. The number of hydrogen-bond donors (Lipinski definition) is 6. The average molecular weight is 515 g/mol. The molecule has 2 amide bonds. The van der Waals surface area contributed by atoms with Gasteiger partial charge in [0.15, 0.2) is 23.5 Å². The van der Waals surface area contributed by atoms with E-state index in [1.165, 1.54) is 36.3 Å². The van der Waals surface area contributed by atoms with Gasteiger partial charge in [0.25, 0.3) is 5.91 Å². The molecule has 0 saturated heterocycles. The summed E-state index contributed by atoms with van der Waals surface area (Å²) in [5.74, 6) is -2.44. The van der Waals surface area contributed by atoms with Crippen LogP contribution in [0.3, 0.4) is 0 Å². The maximum Gasteiger partial charge on any atom is 0.369 e. The second-order valence-electron chi connectivity index (χ2n) is 8.20. The number of aromatic nitrogens is 4. The third kappa shape index (κ3) is 5.85. The molecule has 14 nitrogen and oxygen atoms in total. The van der Waals surface area contributed by atoms with Crippen molar-refractivity contribution in [3.63, 3.8) is 0 Å². The molecule has 1 aliphatic rings. The minimum atomic E-state index is -3.56. The van der Waals surface area contributed by atoms with Gasteiger partial charge in [-0.1, -0.05) is 0 Å². The highest BCUT2D eigenvalue weighted by Gasteiger charge is 2.31. The quantitative estimate of drug-likeness (QED) is 0.168. The number of rotatable bonds is 9. The highest BCUT2D eigenvalue weighted by atomic mass is 19.1. The van der Waals surface area contributed by atoms with E-state index in [4.69, 9.17) is 20.1 Å². The molecule has 1 aliphatic carbocycles. The van der Waals surface area contributed by atoms with E-state index in [9.17, 15) is 18.8 Å². The maximum absolute atomic E-state index is 14.7. The second-order valence-corrected chi connectivity index (χ2v) is 8.20. The van der Waals surface area contributed by atoms with Gasteiger partial charge in [-0.2, -0.15) is 5.10 Å². The smallest absolute Gasteiger partial charge is 0.369 e. The van der Waals surface area contributed by atoms with Crippen LogP contribution < -0.4 is 20.7 Å². The normalized spacial score (nSPS) is 13.1. The number of methoxy groups -OCH3 is 1. The predicted molar refractivity (Wildman–Crippen MR) is 124 cm³/mol. The number of nitrogens with one attached hydrogen (secondary N) is 3. The molecule has 1 aromatic carbocycles. The van der Waals surface area contributed by atoms with E-state index in [0.29, 0.717) is 6.29 Å². The summed E-state index contributed by atoms with van der Waals surface area (Å²) in [7, 11) is 2.84. The number of nitrogens with zero attached hydrogens (tertiary/aromatic N) is 4. The van der Waals surface area contributed by atoms with Crippen molar-refractivity contribution in [2.75, 3.05) is 17.7 Å². The highest BCUT2D eigenvalue weighted by Crippen LogP contribution is 2.39. The zero-order chi connectivity index (χ0) is 26.9. The largest absolute Gasteiger partial charge is 0.494 e. The maximum atomic E-state index is 14.7. The molecular formula is C22H22FN7O7. The van der Waals surface area contributed by atoms with Gasteiger partial charge in [0, 0.05) is 30.7 Å². The molecule has 37 heavy (non-hydrogen) atoms. The predicted octanol–water partition coefficient (Wildman–Crippen LogP) is 0.247. The lowest BCUT2D eigenvalue weighted by Gasteiger charge is -2.18. The molecule has 194 valence electrons. The lowest BCUT2D eigenvalue weighted by Crippen LogP contribution is -2.48. The Hall–Kier alpha value is -4.47. The van der Waals surface area contributed by atoms with Gasteiger partial charge in [0.05, 0.1) is 24.2 Å². The number of anilines is 3. The number of aldehydes is 1. The fraction of sp³-hybridized carbons (Fsp3) is 0.273. The van der Waals surface area contributed by atoms with Crippen LogP contribution in [0.2, 0.25) is 0 Å². The van der Waals surface area contributed by atoms with Crippen molar-refractivity contribution in [1.82, 2.24) is 25.3 Å². The van der Waals surface area contributed by atoms with E-state index in [0.717, 1.165) is 25.0 Å². The summed E-state index contributed by atoms with van der Waals surface area (Å²) in [6.07, 6.45) is -1.54. The number of amides is 2. The fourth-order valence-electron chi connectivity index (χ4n) is 3.47. The van der Waals surface area contributed by atoms with Gasteiger partial charge < -0.3 is 30.7 Å². The van der Waals surface area contributed by atoms with Gasteiger partial charge in [-0.3, -0.25) is 24.4 Å². The van der Waals surface area contributed by atoms with Crippen molar-refractivity contribution in [3.05, 3.63) is 41.5 Å². The van der Waals surface area contributed by atoms with Crippen molar-refractivity contribution in [1.29, 1.82) is 0 Å². The topological polar surface area (TPSA) is 201 Å². The van der Waals surface area contributed by atoms with Crippen molar-refractivity contribution in [2.45, 2.75) is 18.9 Å². The summed E-state index contributed by atoms with van der Waals surface area (Å²) in [5.41, 5.74) is -0.0978. The molecule has 1 saturated carbocycles. The van der Waals surface area contributed by atoms with E-state index < -0.39 is 23.5 Å². The SMILES string of the molecule is COc1c(Nc2cc(NC(=O)C3CC3)nnc2C(=O)NC(O)(O)O)cc(F)cc1-c1cc(C=O)n(C)n1. The monoisotopic (exact) mass is 515 g/mol. The standard InChI is InChI=1S/C22H22FN7O7/c1-30-12(9-31)7-14(29-30)13-5-11(23)6-16(19(13)37-2)24-15-8-17(25-20(32)10-3-4-10)27-28-18(15)21(33)26-22(34,35)36/h5-10,34-36H,3-4H2,1-2H3,(H,26,33)(H2,24,25,27,32). The number of ether oxygens (including phenoxy) is 1. The number of aryl methyl sites for hydroxylation is 1. The molecule has 3 aromatic rings. The first-order valence-corrected chi connectivity index (χ1v) is 10.8. The van der Waals surface area contributed by atoms with Crippen LogP contribution in [0, 0.1) is 11.7 Å². The zero-order valence-electron chi connectivity index (χ0n) is 19.5. The molecule has 0 unspecified atom stereocenters. The Bertz CT molecular complexity index is 1380. The van der Waals surface area contributed by atoms with Crippen LogP contribution in [0.25, 0.3) is 11.3 Å². The lowest BCUT2D eigenvalue weighted by molar-refractivity contribution is -0.323. The van der Waals surface area contributed by atoms with Crippen LogP contribution in [0.5, 0.6) is 5.75 Å². The lowest BCUT2D eigenvalue weighted by atomic mass is 10.1. The Morgan fingerprint density at radius 2 is 1.89 bits per heavy atom. The van der Waals surface area contributed by atoms with Crippen LogP contribution in [-0.2, 0) is 11.8 Å². The van der Waals surface area contributed by atoms with Crippen molar-refractivity contribution in [2.24, 2.45) is 13.0 Å². The number of carbonyl (C=O) groups is 3. The molecule has 15 heteroatoms. The molecule has 0 spiro atoms. The summed E-state index contributed by atoms with van der Waals surface area (Å²) >= 11 is 0. The van der Waals surface area contributed by atoms with E-state index in [1.54, 1.807) is 0 Å². The van der Waals surface area contributed by atoms with E-state index in [-0.39, 0.29) is 51.7 Å². The summed E-state index contributed by atoms with van der Waals surface area (Å²) in [6.45, 7) is 0. The first-order chi connectivity index (χ1) is 17.5. The van der Waals surface area contributed by atoms with Gasteiger partial charge >= 0.3 is 6.10 Å². The molecule has 6 N–H and O–H groups in total. The number of aliphatic hydroxyl groups is 3. The molecule has 0 aliphatic heterocycles. The highest BCUT2D eigenvalue weighted by molar-refractivity contribution is 6.00. The molecule has 1 fully saturated rings. The van der Waals surface area contributed by atoms with Gasteiger partial charge in [-0.15, -0.1) is 10.2 Å². The molecule has 0 atom stereocenters. The molecule has 0 bridgehead atoms. The zero-order valence-corrected chi connectivity index (χ0v) is 19.5. The summed E-state index contributed by atoms with van der Waals surface area (Å²) in [4.78, 5) is 35.9.